The highest BCUT2D eigenvalue weighted by Crippen LogP contribution is 2.25. The first-order valence-electron chi connectivity index (χ1n) is 9.96. The molecule has 0 heterocycles. The molecule has 0 spiro atoms. The van der Waals surface area contributed by atoms with Gasteiger partial charge in [0.15, 0.2) is 0 Å². The standard InChI is InChI=1S/C22H27ClN2O3S/c1-29(27,28)25(16-18-8-6-7-11-21(18)23)20-14-12-17(13-15-20)22(26)24-19-9-4-2-3-5-10-19/h6-8,11-15,19H,2-5,9-10,16H2,1H3,(H,24,26). The molecule has 0 aromatic heterocycles. The number of carbonyl (C=O) groups excluding carboxylic acids is 1. The summed E-state index contributed by atoms with van der Waals surface area (Å²) in [7, 11) is -3.52. The molecule has 0 atom stereocenters. The molecule has 0 unspecified atom stereocenters. The summed E-state index contributed by atoms with van der Waals surface area (Å²) in [5.74, 6) is -0.111. The molecule has 156 valence electrons. The minimum atomic E-state index is -3.52. The Kier molecular flexibility index (Phi) is 7.19. The molecule has 2 aromatic rings. The number of benzene rings is 2. The fourth-order valence-electron chi connectivity index (χ4n) is 3.65. The van der Waals surface area contributed by atoms with E-state index in [4.69, 9.17) is 11.6 Å². The van der Waals surface area contributed by atoms with Crippen LogP contribution in [0.2, 0.25) is 5.02 Å². The smallest absolute Gasteiger partial charge is 0.251 e. The van der Waals surface area contributed by atoms with Crippen LogP contribution >= 0.6 is 11.6 Å². The molecular formula is C22H27ClN2O3S. The number of halogens is 1. The lowest BCUT2D eigenvalue weighted by Crippen LogP contribution is -2.34. The van der Waals surface area contributed by atoms with Crippen LogP contribution in [-0.2, 0) is 16.6 Å². The molecule has 1 saturated carbocycles. The second kappa shape index (κ2) is 9.63. The average Bonchev–Trinajstić information content (AvgIpc) is 2.95. The van der Waals surface area contributed by atoms with Crippen molar-refractivity contribution < 1.29 is 13.2 Å². The molecule has 0 radical (unpaired) electrons. The van der Waals surface area contributed by atoms with E-state index in [0.717, 1.165) is 37.5 Å². The van der Waals surface area contributed by atoms with Crippen LogP contribution < -0.4 is 9.62 Å². The van der Waals surface area contributed by atoms with Gasteiger partial charge < -0.3 is 5.32 Å². The normalized spacial score (nSPS) is 15.5. The lowest BCUT2D eigenvalue weighted by molar-refractivity contribution is 0.0933. The number of carbonyl (C=O) groups is 1. The number of hydrogen-bond donors (Lipinski definition) is 1. The second-order valence-corrected chi connectivity index (χ2v) is 9.88. The molecule has 1 aliphatic carbocycles. The third kappa shape index (κ3) is 5.97. The summed E-state index contributed by atoms with van der Waals surface area (Å²) in [5.41, 5.74) is 1.75. The van der Waals surface area contributed by atoms with Crippen molar-refractivity contribution in [2.24, 2.45) is 0 Å². The van der Waals surface area contributed by atoms with Gasteiger partial charge in [0, 0.05) is 16.6 Å². The van der Waals surface area contributed by atoms with E-state index < -0.39 is 10.0 Å². The maximum Gasteiger partial charge on any atom is 0.251 e. The summed E-state index contributed by atoms with van der Waals surface area (Å²) in [4.78, 5) is 12.6. The number of hydrogen-bond acceptors (Lipinski definition) is 3. The number of sulfonamides is 1. The van der Waals surface area contributed by atoms with Crippen molar-refractivity contribution in [3.63, 3.8) is 0 Å². The Morgan fingerprint density at radius 1 is 1.03 bits per heavy atom. The second-order valence-electron chi connectivity index (χ2n) is 7.57. The summed E-state index contributed by atoms with van der Waals surface area (Å²) < 4.78 is 26.0. The zero-order chi connectivity index (χ0) is 20.9. The van der Waals surface area contributed by atoms with Crippen LogP contribution in [0.1, 0.15) is 54.4 Å². The lowest BCUT2D eigenvalue weighted by atomic mass is 10.1. The third-order valence-electron chi connectivity index (χ3n) is 5.28. The van der Waals surface area contributed by atoms with E-state index in [9.17, 15) is 13.2 Å². The Hall–Kier alpha value is -2.05. The van der Waals surface area contributed by atoms with Crippen LogP contribution in [0.25, 0.3) is 0 Å². The van der Waals surface area contributed by atoms with Crippen molar-refractivity contribution >= 4 is 33.2 Å². The first-order chi connectivity index (χ1) is 13.8. The Balaban J connectivity index is 1.75. The predicted molar refractivity (Wildman–Crippen MR) is 118 cm³/mol. The molecule has 7 heteroatoms. The molecule has 1 N–H and O–H groups in total. The number of anilines is 1. The largest absolute Gasteiger partial charge is 0.349 e. The molecule has 2 aromatic carbocycles. The third-order valence-corrected chi connectivity index (χ3v) is 6.79. The summed E-state index contributed by atoms with van der Waals surface area (Å²) in [6.45, 7) is 0.131. The first-order valence-corrected chi connectivity index (χ1v) is 12.2. The van der Waals surface area contributed by atoms with E-state index in [1.54, 1.807) is 42.5 Å². The minimum Gasteiger partial charge on any atom is -0.349 e. The predicted octanol–water partition coefficient (Wildman–Crippen LogP) is 4.76. The summed E-state index contributed by atoms with van der Waals surface area (Å²) in [6.07, 6.45) is 7.95. The van der Waals surface area contributed by atoms with E-state index in [1.807, 2.05) is 6.07 Å². The van der Waals surface area contributed by atoms with Crippen LogP contribution in [0, 0.1) is 0 Å². The van der Waals surface area contributed by atoms with E-state index in [1.165, 1.54) is 17.1 Å². The van der Waals surface area contributed by atoms with Crippen molar-refractivity contribution in [1.29, 1.82) is 0 Å². The Morgan fingerprint density at radius 2 is 1.66 bits per heavy atom. The van der Waals surface area contributed by atoms with Gasteiger partial charge >= 0.3 is 0 Å². The van der Waals surface area contributed by atoms with E-state index in [2.05, 4.69) is 5.32 Å². The fraction of sp³-hybridized carbons (Fsp3) is 0.409. The van der Waals surface area contributed by atoms with E-state index in [-0.39, 0.29) is 18.5 Å². The van der Waals surface area contributed by atoms with Gasteiger partial charge in [0.1, 0.15) is 0 Å². The van der Waals surface area contributed by atoms with Crippen molar-refractivity contribution in [2.45, 2.75) is 51.1 Å². The summed E-state index contributed by atoms with van der Waals surface area (Å²) in [6, 6.07) is 14.1. The highest BCUT2D eigenvalue weighted by atomic mass is 35.5. The van der Waals surface area contributed by atoms with Crippen LogP contribution in [0.4, 0.5) is 5.69 Å². The SMILES string of the molecule is CS(=O)(=O)N(Cc1ccccc1Cl)c1ccc(C(=O)NC2CCCCCC2)cc1. The van der Waals surface area contributed by atoms with Gasteiger partial charge in [-0.2, -0.15) is 0 Å². The van der Waals surface area contributed by atoms with Gasteiger partial charge in [0.2, 0.25) is 10.0 Å². The number of rotatable bonds is 6. The van der Waals surface area contributed by atoms with Crippen molar-refractivity contribution in [1.82, 2.24) is 5.32 Å². The molecule has 29 heavy (non-hydrogen) atoms. The molecule has 1 aliphatic rings. The van der Waals surface area contributed by atoms with Gasteiger partial charge in [-0.3, -0.25) is 9.10 Å². The lowest BCUT2D eigenvalue weighted by Gasteiger charge is -2.23. The molecule has 5 nitrogen and oxygen atoms in total. The topological polar surface area (TPSA) is 66.5 Å². The van der Waals surface area contributed by atoms with Gasteiger partial charge in [0.05, 0.1) is 18.5 Å². The van der Waals surface area contributed by atoms with Gasteiger partial charge in [-0.05, 0) is 48.7 Å². The monoisotopic (exact) mass is 434 g/mol. The maximum atomic E-state index is 12.6. The molecule has 1 amide bonds. The summed E-state index contributed by atoms with van der Waals surface area (Å²) in [5, 5.41) is 3.63. The first kappa shape index (κ1) is 21.7. The highest BCUT2D eigenvalue weighted by molar-refractivity contribution is 7.92. The van der Waals surface area contributed by atoms with Gasteiger partial charge in [-0.15, -0.1) is 0 Å². The number of nitrogens with zero attached hydrogens (tertiary/aromatic N) is 1. The Labute approximate surface area is 178 Å². The Morgan fingerprint density at radius 3 is 2.24 bits per heavy atom. The molecule has 0 saturated heterocycles. The molecule has 3 rings (SSSR count). The average molecular weight is 435 g/mol. The van der Waals surface area contributed by atoms with Crippen molar-refractivity contribution in [3.05, 3.63) is 64.7 Å². The van der Waals surface area contributed by atoms with Crippen LogP contribution in [0.15, 0.2) is 48.5 Å². The quantitative estimate of drug-likeness (QED) is 0.666. The zero-order valence-corrected chi connectivity index (χ0v) is 18.2. The van der Waals surface area contributed by atoms with Crippen LogP contribution in [-0.4, -0.2) is 26.6 Å². The molecular weight excluding hydrogens is 408 g/mol. The van der Waals surface area contributed by atoms with Gasteiger partial charge in [-0.1, -0.05) is 55.5 Å². The number of nitrogens with one attached hydrogen (secondary N) is 1. The minimum absolute atomic E-state index is 0.111. The summed E-state index contributed by atoms with van der Waals surface area (Å²) >= 11 is 6.20. The van der Waals surface area contributed by atoms with Crippen molar-refractivity contribution in [2.75, 3.05) is 10.6 Å². The highest BCUT2D eigenvalue weighted by Gasteiger charge is 2.20. The Bertz CT molecular complexity index is 937. The van der Waals surface area contributed by atoms with Crippen LogP contribution in [0.3, 0.4) is 0 Å². The van der Waals surface area contributed by atoms with Crippen LogP contribution in [0.5, 0.6) is 0 Å². The van der Waals surface area contributed by atoms with Gasteiger partial charge in [0.25, 0.3) is 5.91 Å². The molecule has 0 aliphatic heterocycles. The van der Waals surface area contributed by atoms with E-state index in [0.29, 0.717) is 16.3 Å². The zero-order valence-electron chi connectivity index (χ0n) is 16.6. The molecule has 1 fully saturated rings. The fourth-order valence-corrected chi connectivity index (χ4v) is 4.73. The van der Waals surface area contributed by atoms with Crippen molar-refractivity contribution in [3.8, 4) is 0 Å². The van der Waals surface area contributed by atoms with Gasteiger partial charge in [-0.25, -0.2) is 8.42 Å². The molecule has 0 bridgehead atoms. The number of amides is 1. The maximum absolute atomic E-state index is 12.6. The van der Waals surface area contributed by atoms with E-state index >= 15 is 0 Å².